The average Bonchev–Trinajstić information content (AvgIpc) is 2.80. The van der Waals surface area contributed by atoms with Gasteiger partial charge >= 0.3 is 0 Å². The molecular weight excluding hydrogens is 410 g/mol. The topological polar surface area (TPSA) is 115 Å². The molecule has 2 rings (SSSR count). The molecule has 1 atom stereocenters. The number of carbonyl (C=O) groups is 1. The summed E-state index contributed by atoms with van der Waals surface area (Å²) in [5.41, 5.74) is -0.126. The van der Waals surface area contributed by atoms with Gasteiger partial charge in [0.1, 0.15) is 0 Å². The van der Waals surface area contributed by atoms with Gasteiger partial charge in [-0.05, 0) is 12.0 Å². The van der Waals surface area contributed by atoms with Gasteiger partial charge in [0.2, 0.25) is 0 Å². The van der Waals surface area contributed by atoms with Crippen LogP contribution in [0.1, 0.15) is 86.7 Å². The first-order valence-electron chi connectivity index (χ1n) is 11.2. The highest BCUT2D eigenvalue weighted by molar-refractivity contribution is 5.95. The van der Waals surface area contributed by atoms with E-state index in [1.807, 2.05) is 30.3 Å². The maximum atomic E-state index is 12.9. The second kappa shape index (κ2) is 13.2. The zero-order valence-electron chi connectivity index (χ0n) is 18.5. The fourth-order valence-corrected chi connectivity index (χ4v) is 3.67. The summed E-state index contributed by atoms with van der Waals surface area (Å²) in [4.78, 5) is 33.6. The van der Waals surface area contributed by atoms with Gasteiger partial charge in [-0.1, -0.05) is 88.6 Å². The molecule has 8 nitrogen and oxygen atoms in total. The normalized spacial score (nSPS) is 11.7. The zero-order valence-corrected chi connectivity index (χ0v) is 18.5. The van der Waals surface area contributed by atoms with Crippen LogP contribution in [0.15, 0.2) is 48.5 Å². The van der Waals surface area contributed by atoms with Crippen molar-refractivity contribution in [3.63, 3.8) is 0 Å². The Hall–Kier alpha value is -3.29. The van der Waals surface area contributed by atoms with E-state index in [-0.39, 0.29) is 11.6 Å². The zero-order chi connectivity index (χ0) is 23.3. The molecule has 0 saturated heterocycles. The van der Waals surface area contributed by atoms with Crippen molar-refractivity contribution in [2.24, 2.45) is 0 Å². The summed E-state index contributed by atoms with van der Waals surface area (Å²) in [6.45, 7) is 2.20. The van der Waals surface area contributed by atoms with Gasteiger partial charge in [0.05, 0.1) is 27.5 Å². The van der Waals surface area contributed by atoms with Crippen LogP contribution >= 0.6 is 0 Å². The van der Waals surface area contributed by atoms with E-state index in [9.17, 15) is 25.0 Å². The molecule has 0 radical (unpaired) electrons. The van der Waals surface area contributed by atoms with Gasteiger partial charge in [-0.25, -0.2) is 0 Å². The van der Waals surface area contributed by atoms with Gasteiger partial charge in [-0.15, -0.1) is 0 Å². The minimum absolute atomic E-state index is 0.0947. The minimum Gasteiger partial charge on any atom is -0.345 e. The van der Waals surface area contributed by atoms with E-state index in [4.69, 9.17) is 0 Å². The van der Waals surface area contributed by atoms with Crippen LogP contribution in [-0.2, 0) is 0 Å². The van der Waals surface area contributed by atoms with Crippen molar-refractivity contribution in [1.29, 1.82) is 0 Å². The van der Waals surface area contributed by atoms with Crippen molar-refractivity contribution in [3.8, 4) is 0 Å². The Morgan fingerprint density at radius 2 is 1.38 bits per heavy atom. The molecule has 2 aromatic carbocycles. The number of carbonyl (C=O) groups excluding carboxylic acids is 1. The predicted octanol–water partition coefficient (Wildman–Crippen LogP) is 6.50. The smallest absolute Gasteiger partial charge is 0.277 e. The summed E-state index contributed by atoms with van der Waals surface area (Å²) >= 11 is 0. The van der Waals surface area contributed by atoms with Crippen molar-refractivity contribution in [2.45, 2.75) is 70.8 Å². The molecule has 0 bridgehead atoms. The molecule has 1 N–H and O–H groups in total. The monoisotopic (exact) mass is 441 g/mol. The van der Waals surface area contributed by atoms with Crippen LogP contribution in [0.5, 0.6) is 0 Å². The quantitative estimate of drug-likeness (QED) is 0.204. The number of unbranched alkanes of at least 4 members (excludes halogenated alkanes) is 7. The lowest BCUT2D eigenvalue weighted by Crippen LogP contribution is -2.28. The number of nitro benzene ring substituents is 2. The van der Waals surface area contributed by atoms with Crippen LogP contribution < -0.4 is 5.32 Å². The molecule has 8 heteroatoms. The highest BCUT2D eigenvalue weighted by Gasteiger charge is 2.22. The summed E-state index contributed by atoms with van der Waals surface area (Å²) in [6, 6.07) is 12.2. The van der Waals surface area contributed by atoms with E-state index in [1.165, 1.54) is 32.1 Å². The van der Waals surface area contributed by atoms with Gasteiger partial charge in [-0.3, -0.25) is 25.0 Å². The highest BCUT2D eigenvalue weighted by atomic mass is 16.6. The number of benzene rings is 2. The minimum atomic E-state index is -0.737. The fraction of sp³-hybridized carbons (Fsp3) is 0.458. The molecule has 0 aliphatic carbocycles. The van der Waals surface area contributed by atoms with E-state index >= 15 is 0 Å². The number of amides is 1. The van der Waals surface area contributed by atoms with E-state index in [2.05, 4.69) is 12.2 Å². The van der Waals surface area contributed by atoms with Crippen LogP contribution in [0.2, 0.25) is 0 Å². The Kier molecular flexibility index (Phi) is 10.3. The molecular formula is C24H31N3O5. The van der Waals surface area contributed by atoms with Gasteiger partial charge < -0.3 is 5.32 Å². The number of nitrogens with one attached hydrogen (secondary N) is 1. The third-order valence-corrected chi connectivity index (χ3v) is 5.44. The van der Waals surface area contributed by atoms with Crippen molar-refractivity contribution >= 4 is 17.3 Å². The summed E-state index contributed by atoms with van der Waals surface area (Å²) in [5, 5.41) is 25.2. The van der Waals surface area contributed by atoms with Gasteiger partial charge in [0.15, 0.2) is 0 Å². The number of nitrogens with zero attached hydrogens (tertiary/aromatic N) is 2. The number of nitro groups is 2. The third kappa shape index (κ3) is 8.09. The molecule has 0 heterocycles. The molecule has 1 amide bonds. The largest absolute Gasteiger partial charge is 0.345 e. The SMILES string of the molecule is CCCCCCCCCCC(NC(=O)c1cc([N+](=O)[O-])cc([N+](=O)[O-])c1)c1ccccc1. The highest BCUT2D eigenvalue weighted by Crippen LogP contribution is 2.25. The van der Waals surface area contributed by atoms with Crippen LogP contribution in [0.3, 0.4) is 0 Å². The summed E-state index contributed by atoms with van der Waals surface area (Å²) in [5.74, 6) is -0.565. The molecule has 0 fully saturated rings. The molecule has 32 heavy (non-hydrogen) atoms. The third-order valence-electron chi connectivity index (χ3n) is 5.44. The molecule has 1 unspecified atom stereocenters. The maximum Gasteiger partial charge on any atom is 0.277 e. The Balaban J connectivity index is 2.05. The summed E-state index contributed by atoms with van der Waals surface area (Å²) in [7, 11) is 0. The van der Waals surface area contributed by atoms with Crippen molar-refractivity contribution in [3.05, 3.63) is 79.9 Å². The first-order chi connectivity index (χ1) is 15.4. The maximum absolute atomic E-state index is 12.9. The Labute approximate surface area is 188 Å². The van der Waals surface area contributed by atoms with Crippen LogP contribution in [0.25, 0.3) is 0 Å². The lowest BCUT2D eigenvalue weighted by molar-refractivity contribution is -0.394. The second-order valence-corrected chi connectivity index (χ2v) is 7.95. The Morgan fingerprint density at radius 1 is 0.844 bits per heavy atom. The lowest BCUT2D eigenvalue weighted by atomic mass is 9.98. The Bertz CT molecular complexity index is 870. The second-order valence-electron chi connectivity index (χ2n) is 7.95. The van der Waals surface area contributed by atoms with Gasteiger partial charge in [0.25, 0.3) is 17.3 Å². The molecule has 2 aromatic rings. The number of hydrogen-bond donors (Lipinski definition) is 1. The van der Waals surface area contributed by atoms with Crippen LogP contribution in [0, 0.1) is 20.2 Å². The number of non-ortho nitro benzene ring substituents is 2. The van der Waals surface area contributed by atoms with E-state index < -0.39 is 27.1 Å². The molecule has 0 aliphatic heterocycles. The molecule has 172 valence electrons. The summed E-state index contributed by atoms with van der Waals surface area (Å²) < 4.78 is 0. The first kappa shape index (κ1) is 25.0. The van der Waals surface area contributed by atoms with Crippen LogP contribution in [-0.4, -0.2) is 15.8 Å². The van der Waals surface area contributed by atoms with E-state index in [0.717, 1.165) is 49.4 Å². The molecule has 0 spiro atoms. The number of rotatable bonds is 14. The first-order valence-corrected chi connectivity index (χ1v) is 11.2. The lowest BCUT2D eigenvalue weighted by Gasteiger charge is -2.19. The van der Waals surface area contributed by atoms with Gasteiger partial charge in [-0.2, -0.15) is 0 Å². The average molecular weight is 442 g/mol. The van der Waals surface area contributed by atoms with Crippen molar-refractivity contribution < 1.29 is 14.6 Å². The number of hydrogen-bond acceptors (Lipinski definition) is 5. The van der Waals surface area contributed by atoms with Gasteiger partial charge in [0, 0.05) is 12.1 Å². The van der Waals surface area contributed by atoms with E-state index in [0.29, 0.717) is 0 Å². The summed E-state index contributed by atoms with van der Waals surface area (Å²) in [6.07, 6.45) is 10.1. The van der Waals surface area contributed by atoms with E-state index in [1.54, 1.807) is 0 Å². The Morgan fingerprint density at radius 3 is 1.91 bits per heavy atom. The van der Waals surface area contributed by atoms with Crippen LogP contribution in [0.4, 0.5) is 11.4 Å². The van der Waals surface area contributed by atoms with Crippen molar-refractivity contribution in [1.82, 2.24) is 5.32 Å². The standard InChI is InChI=1S/C24H31N3O5/c1-2-3-4-5-6-7-8-12-15-23(19-13-10-9-11-14-19)25-24(28)20-16-21(26(29)30)18-22(17-20)27(31)32/h9-11,13-14,16-18,23H,2-8,12,15H2,1H3,(H,25,28). The predicted molar refractivity (Wildman–Crippen MR) is 124 cm³/mol. The molecule has 0 aromatic heterocycles. The molecule has 0 aliphatic rings. The molecule has 0 saturated carbocycles. The van der Waals surface area contributed by atoms with Crippen molar-refractivity contribution in [2.75, 3.05) is 0 Å². The fourth-order valence-electron chi connectivity index (χ4n) is 3.67.